The number of rotatable bonds is 2. The molecular weight excluding hydrogens is 258 g/mol. The quantitative estimate of drug-likeness (QED) is 0.670. The summed E-state index contributed by atoms with van der Waals surface area (Å²) in [5.74, 6) is 0. The molecule has 0 radical (unpaired) electrons. The minimum atomic E-state index is -1.50. The Hall–Kier alpha value is -2.34. The van der Waals surface area contributed by atoms with E-state index in [4.69, 9.17) is 26.9 Å². The van der Waals surface area contributed by atoms with E-state index in [1.54, 1.807) is 12.5 Å². The third-order valence-electron chi connectivity index (χ3n) is 1.84. The number of nitrogens with zero attached hydrogens (tertiary/aromatic N) is 3. The Kier molecular flexibility index (Phi) is 5.40. The van der Waals surface area contributed by atoms with Gasteiger partial charge in [0.15, 0.2) is 0 Å². The van der Waals surface area contributed by atoms with Gasteiger partial charge in [0.1, 0.15) is 0 Å². The minimum absolute atomic E-state index is 0.698. The summed E-state index contributed by atoms with van der Waals surface area (Å²) in [5, 5.41) is 14.3. The summed E-state index contributed by atoms with van der Waals surface area (Å²) in [6, 6.07) is 9.81. The van der Waals surface area contributed by atoms with Crippen molar-refractivity contribution in [2.45, 2.75) is 0 Å². The summed E-state index contributed by atoms with van der Waals surface area (Å²) in [5.41, 5.74) is 1.00. The van der Waals surface area contributed by atoms with E-state index in [1.807, 2.05) is 47.3 Å². The first-order valence-electron chi connectivity index (χ1n) is 4.83. The molecule has 2 aromatic rings. The molecule has 0 spiro atoms. The van der Waals surface area contributed by atoms with E-state index < -0.39 is 5.09 Å². The fraction of sp³-hybridized carbons (Fsp3) is 0. The molecule has 0 aliphatic rings. The van der Waals surface area contributed by atoms with Crippen LogP contribution >= 0.6 is 11.6 Å². The second-order valence-corrected chi connectivity index (χ2v) is 3.50. The summed E-state index contributed by atoms with van der Waals surface area (Å²) in [7, 11) is 0. The van der Waals surface area contributed by atoms with Gasteiger partial charge in [0.05, 0.1) is 11.4 Å². The van der Waals surface area contributed by atoms with Crippen LogP contribution in [-0.4, -0.2) is 19.8 Å². The maximum absolute atomic E-state index is 8.36. The predicted molar refractivity (Wildman–Crippen MR) is 67.5 cm³/mol. The second kappa shape index (κ2) is 7.08. The van der Waals surface area contributed by atoms with E-state index in [2.05, 4.69) is 4.98 Å². The van der Waals surface area contributed by atoms with Gasteiger partial charge in [-0.3, -0.25) is 0 Å². The molecule has 1 aromatic heterocycles. The number of hydrogen-bond donors (Lipinski definition) is 1. The minimum Gasteiger partial charge on any atom is -0.328 e. The van der Waals surface area contributed by atoms with Crippen LogP contribution < -0.4 is 0 Å². The van der Waals surface area contributed by atoms with E-state index >= 15 is 0 Å². The van der Waals surface area contributed by atoms with Crippen LogP contribution in [0.15, 0.2) is 49.1 Å². The van der Waals surface area contributed by atoms with Crippen LogP contribution in [0, 0.1) is 10.1 Å². The number of halogens is 1. The number of aromatic nitrogens is 2. The van der Waals surface area contributed by atoms with Crippen LogP contribution in [0.3, 0.4) is 0 Å². The van der Waals surface area contributed by atoms with E-state index in [-0.39, 0.29) is 0 Å². The maximum Gasteiger partial charge on any atom is 0.291 e. The smallest absolute Gasteiger partial charge is 0.291 e. The molecule has 0 saturated carbocycles. The highest BCUT2D eigenvalue weighted by atomic mass is 35.5. The molecule has 2 rings (SSSR count). The first kappa shape index (κ1) is 13.7. The van der Waals surface area contributed by atoms with Gasteiger partial charge in [0, 0.05) is 18.6 Å². The van der Waals surface area contributed by atoms with Crippen LogP contribution in [-0.2, 0) is 0 Å². The lowest BCUT2D eigenvalue weighted by atomic mass is 10.2. The van der Waals surface area contributed by atoms with Crippen molar-refractivity contribution in [2.75, 3.05) is 0 Å². The predicted octanol–water partition coefficient (Wildman–Crippen LogP) is 2.73. The topological polar surface area (TPSA) is 81.2 Å². The van der Waals surface area contributed by atoms with Crippen molar-refractivity contribution >= 4 is 22.8 Å². The molecule has 0 amide bonds. The van der Waals surface area contributed by atoms with Gasteiger partial charge in [-0.15, -0.1) is 10.1 Å². The van der Waals surface area contributed by atoms with Gasteiger partial charge in [0.25, 0.3) is 5.09 Å². The van der Waals surface area contributed by atoms with Gasteiger partial charge < -0.3 is 9.77 Å². The van der Waals surface area contributed by atoms with Crippen molar-refractivity contribution in [2.24, 2.45) is 0 Å². The normalized spacial score (nSPS) is 10.4. The molecule has 1 heterocycles. The highest BCUT2D eigenvalue weighted by molar-refractivity contribution is 6.50. The summed E-state index contributed by atoms with van der Waals surface area (Å²) in [4.78, 5) is 12.3. The molecule has 0 unspecified atom stereocenters. The van der Waals surface area contributed by atoms with Gasteiger partial charge in [0.2, 0.25) is 0 Å². The van der Waals surface area contributed by atoms with Crippen LogP contribution in [0.1, 0.15) is 5.56 Å². The zero-order valence-corrected chi connectivity index (χ0v) is 9.94. The number of imidazole rings is 1. The molecule has 0 bridgehead atoms. The Morgan fingerprint density at radius 3 is 2.56 bits per heavy atom. The van der Waals surface area contributed by atoms with Crippen molar-refractivity contribution in [3.05, 3.63) is 64.7 Å². The van der Waals surface area contributed by atoms with Gasteiger partial charge in [-0.2, -0.15) is 0 Å². The molecular formula is C11H10ClN3O3. The zero-order chi connectivity index (χ0) is 13.4. The third-order valence-corrected chi connectivity index (χ3v) is 2.15. The summed E-state index contributed by atoms with van der Waals surface area (Å²) in [6.45, 7) is 0. The maximum atomic E-state index is 8.36. The molecule has 6 nitrogen and oxygen atoms in total. The van der Waals surface area contributed by atoms with Crippen LogP contribution in [0.4, 0.5) is 0 Å². The summed E-state index contributed by atoms with van der Waals surface area (Å²) in [6.07, 6.45) is 7.08. The monoisotopic (exact) mass is 267 g/mol. The molecule has 0 atom stereocenters. The Bertz CT molecular complexity index is 508. The zero-order valence-electron chi connectivity index (χ0n) is 9.18. The highest BCUT2D eigenvalue weighted by Gasteiger charge is 1.95. The average molecular weight is 268 g/mol. The average Bonchev–Trinajstić information content (AvgIpc) is 2.82. The van der Waals surface area contributed by atoms with E-state index in [9.17, 15) is 0 Å². The Balaban J connectivity index is 0.000000357. The molecule has 0 aliphatic heterocycles. The number of benzene rings is 1. The van der Waals surface area contributed by atoms with Crippen molar-refractivity contribution in [3.8, 4) is 0 Å². The molecule has 94 valence electrons. The number of hydrogen-bond acceptors (Lipinski definition) is 3. The Morgan fingerprint density at radius 2 is 2.06 bits per heavy atom. The molecule has 0 saturated heterocycles. The highest BCUT2D eigenvalue weighted by Crippen LogP contribution is 2.18. The molecule has 0 aliphatic carbocycles. The molecule has 1 N–H and O–H groups in total. The van der Waals surface area contributed by atoms with Crippen molar-refractivity contribution < 1.29 is 10.3 Å². The lowest BCUT2D eigenvalue weighted by molar-refractivity contribution is -0.742. The van der Waals surface area contributed by atoms with Crippen molar-refractivity contribution in [3.63, 3.8) is 0 Å². The van der Waals surface area contributed by atoms with Gasteiger partial charge >= 0.3 is 0 Å². The SMILES string of the molecule is ClC(=Cn1ccnc1)c1ccccc1.O=[N+]([O-])O. The lowest BCUT2D eigenvalue weighted by Crippen LogP contribution is -1.82. The van der Waals surface area contributed by atoms with Crippen LogP contribution in [0.5, 0.6) is 0 Å². The standard InChI is InChI=1S/C11H9ClN2.HNO3/c12-11(8-14-7-6-13-9-14)10-4-2-1-3-5-10;2-1(3)4/h1-9H;(H,2,3,4). The van der Waals surface area contributed by atoms with E-state index in [0.29, 0.717) is 5.03 Å². The van der Waals surface area contributed by atoms with E-state index in [0.717, 1.165) is 5.56 Å². The summed E-state index contributed by atoms with van der Waals surface area (Å²) >= 11 is 6.11. The third kappa shape index (κ3) is 5.13. The molecule has 1 aromatic carbocycles. The molecule has 0 fully saturated rings. The Morgan fingerprint density at radius 1 is 1.44 bits per heavy atom. The summed E-state index contributed by atoms with van der Waals surface area (Å²) < 4.78 is 1.81. The van der Waals surface area contributed by atoms with Crippen LogP contribution in [0.2, 0.25) is 0 Å². The molecule has 18 heavy (non-hydrogen) atoms. The fourth-order valence-corrected chi connectivity index (χ4v) is 1.39. The van der Waals surface area contributed by atoms with Gasteiger partial charge in [-0.05, 0) is 5.56 Å². The van der Waals surface area contributed by atoms with E-state index in [1.165, 1.54) is 0 Å². The first-order chi connectivity index (χ1) is 8.59. The van der Waals surface area contributed by atoms with Crippen molar-refractivity contribution in [1.82, 2.24) is 9.55 Å². The van der Waals surface area contributed by atoms with Crippen molar-refractivity contribution in [1.29, 1.82) is 0 Å². The lowest BCUT2D eigenvalue weighted by Gasteiger charge is -1.98. The Labute approximate surface area is 108 Å². The largest absolute Gasteiger partial charge is 0.328 e. The van der Waals surface area contributed by atoms with Gasteiger partial charge in [-0.25, -0.2) is 4.98 Å². The first-order valence-corrected chi connectivity index (χ1v) is 5.21. The second-order valence-electron chi connectivity index (χ2n) is 3.09. The van der Waals surface area contributed by atoms with Crippen LogP contribution in [0.25, 0.3) is 11.2 Å². The fourth-order valence-electron chi connectivity index (χ4n) is 1.15. The van der Waals surface area contributed by atoms with Gasteiger partial charge in [-0.1, -0.05) is 41.9 Å². The molecule has 7 heteroatoms.